The summed E-state index contributed by atoms with van der Waals surface area (Å²) in [5, 5.41) is 2.90. The number of hydrogen-bond donors (Lipinski definition) is 2. The van der Waals surface area contributed by atoms with E-state index in [1.165, 1.54) is 19.3 Å². The van der Waals surface area contributed by atoms with Gasteiger partial charge in [0.25, 0.3) is 0 Å². The van der Waals surface area contributed by atoms with Crippen LogP contribution >= 0.6 is 0 Å². The van der Waals surface area contributed by atoms with Crippen molar-refractivity contribution in [3.05, 3.63) is 0 Å². The Balaban J connectivity index is 1.81. The molecule has 1 heterocycles. The summed E-state index contributed by atoms with van der Waals surface area (Å²) in [6.07, 6.45) is 12.3. The van der Waals surface area contributed by atoms with Crippen molar-refractivity contribution in [2.24, 2.45) is 11.7 Å². The molecule has 26 heavy (non-hydrogen) atoms. The highest BCUT2D eigenvalue weighted by atomic mass is 16.2. The fourth-order valence-corrected chi connectivity index (χ4v) is 4.29. The first-order valence-corrected chi connectivity index (χ1v) is 10.4. The molecule has 0 radical (unpaired) electrons. The highest BCUT2D eigenvalue weighted by Crippen LogP contribution is 2.27. The maximum absolute atomic E-state index is 12.7. The summed E-state index contributed by atoms with van der Waals surface area (Å²) in [4.78, 5) is 38.3. The van der Waals surface area contributed by atoms with Gasteiger partial charge in [-0.15, -0.1) is 0 Å². The van der Waals surface area contributed by atoms with E-state index in [4.69, 9.17) is 5.73 Å². The number of nitrogens with one attached hydrogen (secondary N) is 1. The van der Waals surface area contributed by atoms with Crippen molar-refractivity contribution in [1.82, 2.24) is 10.2 Å². The Bertz CT molecular complexity index is 463. The Hall–Kier alpha value is -1.43. The minimum Gasteiger partial charge on any atom is -0.345 e. The first kappa shape index (κ1) is 20.9. The van der Waals surface area contributed by atoms with Crippen LogP contribution in [-0.2, 0) is 14.4 Å². The molecule has 1 saturated heterocycles. The van der Waals surface area contributed by atoms with E-state index in [1.807, 2.05) is 0 Å². The summed E-state index contributed by atoms with van der Waals surface area (Å²) in [6, 6.07) is -0.835. The zero-order valence-corrected chi connectivity index (χ0v) is 16.0. The molecule has 0 aromatic carbocycles. The van der Waals surface area contributed by atoms with Crippen molar-refractivity contribution < 1.29 is 14.4 Å². The number of carbonyl (C=O) groups excluding carboxylic acids is 3. The molecule has 0 bridgehead atoms. The second kappa shape index (κ2) is 11.3. The number of nitrogens with two attached hydrogens (primary N) is 1. The van der Waals surface area contributed by atoms with Gasteiger partial charge in [0, 0.05) is 13.0 Å². The van der Waals surface area contributed by atoms with Crippen molar-refractivity contribution in [3.8, 4) is 0 Å². The van der Waals surface area contributed by atoms with Crippen LogP contribution in [-0.4, -0.2) is 48.2 Å². The van der Waals surface area contributed by atoms with Gasteiger partial charge in [-0.1, -0.05) is 38.5 Å². The van der Waals surface area contributed by atoms with Gasteiger partial charge in [0.15, 0.2) is 0 Å². The molecule has 0 unspecified atom stereocenters. The normalized spacial score (nSPS) is 22.2. The molecule has 6 nitrogen and oxygen atoms in total. The molecule has 2 rings (SSSR count). The summed E-state index contributed by atoms with van der Waals surface area (Å²) < 4.78 is 0. The van der Waals surface area contributed by atoms with Crippen LogP contribution in [0.5, 0.6) is 0 Å². The highest BCUT2D eigenvalue weighted by molar-refractivity contribution is 5.89. The molecule has 2 amide bonds. The van der Waals surface area contributed by atoms with Crippen LogP contribution in [0, 0.1) is 5.92 Å². The summed E-state index contributed by atoms with van der Waals surface area (Å²) in [5.41, 5.74) is 5.48. The molecule has 1 saturated carbocycles. The minimum atomic E-state index is -0.423. The molecule has 1 aliphatic heterocycles. The van der Waals surface area contributed by atoms with E-state index in [2.05, 4.69) is 5.32 Å². The smallest absolute Gasteiger partial charge is 0.243 e. The molecule has 2 aliphatic rings. The van der Waals surface area contributed by atoms with E-state index in [9.17, 15) is 14.4 Å². The average molecular weight is 366 g/mol. The second-order valence-corrected chi connectivity index (χ2v) is 7.84. The molecule has 0 spiro atoms. The predicted octanol–water partition coefficient (Wildman–Crippen LogP) is 2.15. The SMILES string of the molecule is NCCCCCC(=O)N1CCC[C@H]1C(=O)N[C@H](C=O)CC1CCCCC1. The highest BCUT2D eigenvalue weighted by Gasteiger charge is 2.34. The maximum Gasteiger partial charge on any atom is 0.243 e. The summed E-state index contributed by atoms with van der Waals surface area (Å²) >= 11 is 0. The lowest BCUT2D eigenvalue weighted by molar-refractivity contribution is -0.139. The molecule has 0 aromatic rings. The third-order valence-corrected chi connectivity index (χ3v) is 5.77. The van der Waals surface area contributed by atoms with E-state index in [-0.39, 0.29) is 11.8 Å². The van der Waals surface area contributed by atoms with E-state index < -0.39 is 12.1 Å². The molecular formula is C20H35N3O3. The van der Waals surface area contributed by atoms with Crippen molar-refractivity contribution in [1.29, 1.82) is 0 Å². The van der Waals surface area contributed by atoms with Gasteiger partial charge < -0.3 is 20.7 Å². The first-order valence-electron chi connectivity index (χ1n) is 10.4. The summed E-state index contributed by atoms with van der Waals surface area (Å²) in [6.45, 7) is 1.29. The monoisotopic (exact) mass is 365 g/mol. The van der Waals surface area contributed by atoms with Gasteiger partial charge in [0.1, 0.15) is 12.3 Å². The lowest BCUT2D eigenvalue weighted by Gasteiger charge is -2.27. The molecule has 1 aliphatic carbocycles. The third kappa shape index (κ3) is 6.38. The lowest BCUT2D eigenvalue weighted by atomic mass is 9.85. The largest absolute Gasteiger partial charge is 0.345 e. The van der Waals surface area contributed by atoms with Gasteiger partial charge in [-0.2, -0.15) is 0 Å². The predicted molar refractivity (Wildman–Crippen MR) is 101 cm³/mol. The van der Waals surface area contributed by atoms with Crippen molar-refractivity contribution in [3.63, 3.8) is 0 Å². The number of nitrogens with zero attached hydrogens (tertiary/aromatic N) is 1. The van der Waals surface area contributed by atoms with Gasteiger partial charge >= 0.3 is 0 Å². The number of carbonyl (C=O) groups is 3. The molecular weight excluding hydrogens is 330 g/mol. The molecule has 148 valence electrons. The van der Waals surface area contributed by atoms with Crippen LogP contribution in [0.4, 0.5) is 0 Å². The number of aldehydes is 1. The first-order chi connectivity index (χ1) is 12.7. The van der Waals surface area contributed by atoms with Crippen LogP contribution in [0.25, 0.3) is 0 Å². The van der Waals surface area contributed by atoms with E-state index in [0.29, 0.717) is 31.8 Å². The zero-order chi connectivity index (χ0) is 18.8. The van der Waals surface area contributed by atoms with Crippen molar-refractivity contribution >= 4 is 18.1 Å². The van der Waals surface area contributed by atoms with Gasteiger partial charge in [-0.3, -0.25) is 9.59 Å². The number of unbranched alkanes of at least 4 members (excludes halogenated alkanes) is 2. The summed E-state index contributed by atoms with van der Waals surface area (Å²) in [5.74, 6) is 0.420. The van der Waals surface area contributed by atoms with Crippen molar-refractivity contribution in [2.45, 2.75) is 89.1 Å². The maximum atomic E-state index is 12.7. The van der Waals surface area contributed by atoms with Gasteiger partial charge in [0.2, 0.25) is 11.8 Å². The van der Waals surface area contributed by atoms with E-state index in [0.717, 1.165) is 51.2 Å². The quantitative estimate of drug-likeness (QED) is 0.458. The van der Waals surface area contributed by atoms with Crippen LogP contribution in [0.2, 0.25) is 0 Å². The fourth-order valence-electron chi connectivity index (χ4n) is 4.29. The number of hydrogen-bond acceptors (Lipinski definition) is 4. The Morgan fingerprint density at radius 2 is 1.85 bits per heavy atom. The van der Waals surface area contributed by atoms with E-state index in [1.54, 1.807) is 4.90 Å². The topological polar surface area (TPSA) is 92.5 Å². The van der Waals surface area contributed by atoms with Crippen LogP contribution in [0.1, 0.15) is 77.0 Å². The van der Waals surface area contributed by atoms with Crippen LogP contribution in [0.15, 0.2) is 0 Å². The Morgan fingerprint density at radius 3 is 2.54 bits per heavy atom. The minimum absolute atomic E-state index is 0.0506. The summed E-state index contributed by atoms with van der Waals surface area (Å²) in [7, 11) is 0. The Kier molecular flexibility index (Phi) is 9.09. The fraction of sp³-hybridized carbons (Fsp3) is 0.850. The third-order valence-electron chi connectivity index (χ3n) is 5.77. The van der Waals surface area contributed by atoms with Gasteiger partial charge in [-0.25, -0.2) is 0 Å². The molecule has 3 N–H and O–H groups in total. The Morgan fingerprint density at radius 1 is 1.08 bits per heavy atom. The standard InChI is InChI=1S/C20H35N3O3/c21-12-6-2-5-11-19(25)23-13-7-10-18(23)20(26)22-17(15-24)14-16-8-3-1-4-9-16/h15-18H,1-14,21H2,(H,22,26)/t17-,18-/m0/s1. The van der Waals surface area contributed by atoms with Gasteiger partial charge in [0.05, 0.1) is 6.04 Å². The van der Waals surface area contributed by atoms with Crippen molar-refractivity contribution in [2.75, 3.05) is 13.1 Å². The van der Waals surface area contributed by atoms with Gasteiger partial charge in [-0.05, 0) is 44.6 Å². The Labute approximate surface area is 157 Å². The molecule has 0 aromatic heterocycles. The number of amides is 2. The van der Waals surface area contributed by atoms with Crippen LogP contribution in [0.3, 0.4) is 0 Å². The second-order valence-electron chi connectivity index (χ2n) is 7.84. The van der Waals surface area contributed by atoms with Crippen LogP contribution < -0.4 is 11.1 Å². The van der Waals surface area contributed by atoms with E-state index >= 15 is 0 Å². The molecule has 2 atom stereocenters. The molecule has 6 heteroatoms. The average Bonchev–Trinajstić information content (AvgIpc) is 3.15. The number of rotatable bonds is 10. The number of likely N-dealkylation sites (tertiary alicyclic amines) is 1. The lowest BCUT2D eigenvalue weighted by Crippen LogP contribution is -2.49. The zero-order valence-electron chi connectivity index (χ0n) is 16.0. The molecule has 2 fully saturated rings.